The molecule has 0 atom stereocenters. The topological polar surface area (TPSA) is 90.6 Å². The van der Waals surface area contributed by atoms with E-state index in [0.29, 0.717) is 33.8 Å². The first-order valence-corrected chi connectivity index (χ1v) is 21.4. The van der Waals surface area contributed by atoms with Gasteiger partial charge in [0.25, 0.3) is 0 Å². The molecule has 0 N–H and O–H groups in total. The summed E-state index contributed by atoms with van der Waals surface area (Å²) in [5, 5.41) is 18.9. The number of benzene rings is 7. The Bertz CT molecular complexity index is 3340. The minimum Gasteiger partial charge on any atom is -0.304 e. The van der Waals surface area contributed by atoms with E-state index < -0.39 is 17.5 Å². The molecule has 0 bridgehead atoms. The molecular weight excluding hydrogens is 1050 g/mol. The Balaban J connectivity index is 0.00000608. The van der Waals surface area contributed by atoms with E-state index in [0.717, 1.165) is 85.0 Å². The summed E-state index contributed by atoms with van der Waals surface area (Å²) in [6, 6.07) is 62.3. The number of pyridine rings is 3. The maximum Gasteiger partial charge on any atom is 3.00 e. The monoisotopic (exact) mass is 1080 g/mol. The van der Waals surface area contributed by atoms with Gasteiger partial charge in [0.05, 0.1) is 30.3 Å². The van der Waals surface area contributed by atoms with Gasteiger partial charge in [-0.05, 0) is 102 Å². The predicted molar refractivity (Wildman–Crippen MR) is 261 cm³/mol. The number of hydrogen-bond donors (Lipinski definition) is 0. The van der Waals surface area contributed by atoms with Gasteiger partial charge in [-0.1, -0.05) is 109 Å². The molecule has 6 nitrogen and oxygen atoms in total. The first kappa shape index (κ1) is 46.0. The fourth-order valence-corrected chi connectivity index (χ4v) is 8.30. The smallest absolute Gasteiger partial charge is 0.304 e. The van der Waals surface area contributed by atoms with Crippen LogP contribution in [0.5, 0.6) is 0 Å². The van der Waals surface area contributed by atoms with E-state index in [4.69, 9.17) is 21.5 Å². The predicted octanol–water partition coefficient (Wildman–Crippen LogP) is 15.0. The number of hydrogen-bond acceptors (Lipinski definition) is 5. The van der Waals surface area contributed by atoms with Crippen LogP contribution in [0.15, 0.2) is 182 Å². The summed E-state index contributed by atoms with van der Waals surface area (Å²) in [4.78, 5) is 17.5. The fraction of sp³-hybridized carbons (Fsp3) is 0. The van der Waals surface area contributed by atoms with E-state index in [9.17, 15) is 23.7 Å². The largest absolute Gasteiger partial charge is 3.00 e. The van der Waals surface area contributed by atoms with Gasteiger partial charge in [0.2, 0.25) is 0 Å². The maximum absolute atomic E-state index is 14.2. The molecule has 0 spiro atoms. The van der Waals surface area contributed by atoms with E-state index in [1.807, 2.05) is 103 Å². The third-order valence-electron chi connectivity index (χ3n) is 11.7. The number of aromatic nitrogens is 3. The molecule has 0 unspecified atom stereocenters. The van der Waals surface area contributed by atoms with Crippen molar-refractivity contribution in [1.82, 2.24) is 15.0 Å². The van der Waals surface area contributed by atoms with E-state index in [-0.39, 0.29) is 36.9 Å². The molecule has 7 aromatic carbocycles. The molecule has 3 heterocycles. The Morgan fingerprint density at radius 2 is 0.729 bits per heavy atom. The first-order valence-electron chi connectivity index (χ1n) is 21.4. The van der Waals surface area contributed by atoms with Crippen LogP contribution in [-0.2, 0) is 20.1 Å². The second-order valence-corrected chi connectivity index (χ2v) is 15.9. The average Bonchev–Trinajstić information content (AvgIpc) is 3.41. The minimum atomic E-state index is -0.642. The van der Waals surface area contributed by atoms with Crippen molar-refractivity contribution in [3.8, 4) is 113 Å². The van der Waals surface area contributed by atoms with E-state index in [1.54, 1.807) is 18.6 Å². The molecule has 0 radical (unpaired) electrons. The van der Waals surface area contributed by atoms with Gasteiger partial charge < -0.3 is 15.0 Å². The van der Waals surface area contributed by atoms with Gasteiger partial charge in [-0.3, -0.25) is 18.0 Å². The van der Waals surface area contributed by atoms with Crippen molar-refractivity contribution in [3.05, 3.63) is 241 Å². The van der Waals surface area contributed by atoms with Crippen molar-refractivity contribution in [2.45, 2.75) is 0 Å². The van der Waals surface area contributed by atoms with E-state index in [2.05, 4.69) is 59.4 Å². The molecule has 0 amide bonds. The van der Waals surface area contributed by atoms with Gasteiger partial charge >= 0.3 is 20.1 Å². The standard InChI is InChI=1S/C60H30F3N6.Ir/c1-66-60-31-39(16-22-56(60)63)59-25-19-42(36-69-59)50-10-4-7-13-53(50)45-29-43(51-11-5-2-8-48(51)40-17-23-57(67-34-40)37-14-20-54(61)46(26-37)32-64)28-44(30-45)52-12-6-3-9-49(52)41-18-24-58(68-35-41)38-15-21-55(62)47(27-38)33-65;/h2-13,17-31,34-36H;/q-3;+3. The molecule has 0 aliphatic carbocycles. The molecule has 10 rings (SSSR count). The van der Waals surface area contributed by atoms with E-state index in [1.165, 1.54) is 18.2 Å². The van der Waals surface area contributed by atoms with Crippen LogP contribution in [0.1, 0.15) is 11.1 Å². The summed E-state index contributed by atoms with van der Waals surface area (Å²) in [5.74, 6) is -1.92. The SMILES string of the molecule is [C-]#[N+]c1cc(-c2ccc(-c3ccccc3-c3cc(-c4ccccc4-c4ccc(-c5[c-]cc(F)c(C#N)c5)nc4)cc(-c4ccccc4-c4ccc(-c5[c-]cc(F)c(C#N)c5)nc4)c3)cn2)[c-]cc1F.[Ir+3]. The van der Waals surface area contributed by atoms with Crippen LogP contribution in [0, 0.1) is 64.9 Å². The van der Waals surface area contributed by atoms with Crippen LogP contribution >= 0.6 is 0 Å². The van der Waals surface area contributed by atoms with Gasteiger partial charge in [-0.2, -0.15) is 10.5 Å². The Morgan fingerprint density at radius 3 is 1.03 bits per heavy atom. The quantitative estimate of drug-likeness (QED) is 0.134. The van der Waals surface area contributed by atoms with Crippen molar-refractivity contribution in [3.63, 3.8) is 0 Å². The van der Waals surface area contributed by atoms with Crippen molar-refractivity contribution in [2.75, 3.05) is 0 Å². The molecule has 0 saturated heterocycles. The van der Waals surface area contributed by atoms with Gasteiger partial charge in [-0.25, -0.2) is 0 Å². The van der Waals surface area contributed by atoms with Crippen molar-refractivity contribution < 1.29 is 33.3 Å². The Hall–Kier alpha value is -9.10. The molecule has 10 aromatic rings. The zero-order chi connectivity index (χ0) is 47.4. The van der Waals surface area contributed by atoms with Crippen LogP contribution < -0.4 is 0 Å². The molecular formula is C60H30F3IrN6. The zero-order valence-corrected chi connectivity index (χ0v) is 38.9. The van der Waals surface area contributed by atoms with Crippen molar-refractivity contribution in [1.29, 1.82) is 10.5 Å². The third kappa shape index (κ3) is 9.15. The summed E-state index contributed by atoms with van der Waals surface area (Å²) in [6.45, 7) is 7.36. The summed E-state index contributed by atoms with van der Waals surface area (Å²) in [6.07, 6.45) is 5.29. The van der Waals surface area contributed by atoms with Crippen LogP contribution in [0.2, 0.25) is 0 Å². The van der Waals surface area contributed by atoms with Gasteiger partial charge in [0.1, 0.15) is 5.69 Å². The molecule has 330 valence electrons. The minimum absolute atomic E-state index is 0. The Labute approximate surface area is 415 Å². The number of nitrogens with zero attached hydrogens (tertiary/aromatic N) is 6. The molecule has 3 aromatic heterocycles. The van der Waals surface area contributed by atoms with Gasteiger partial charge in [0.15, 0.2) is 0 Å². The summed E-state index contributed by atoms with van der Waals surface area (Å²) in [5.41, 5.74) is 13.7. The second-order valence-electron chi connectivity index (χ2n) is 15.9. The number of nitriles is 2. The summed E-state index contributed by atoms with van der Waals surface area (Å²) in [7, 11) is 0. The van der Waals surface area contributed by atoms with Crippen LogP contribution in [0.3, 0.4) is 0 Å². The molecule has 10 heteroatoms. The Morgan fingerprint density at radius 1 is 0.414 bits per heavy atom. The van der Waals surface area contributed by atoms with Gasteiger partial charge in [0, 0.05) is 35.5 Å². The van der Waals surface area contributed by atoms with Crippen molar-refractivity contribution in [2.24, 2.45) is 0 Å². The van der Waals surface area contributed by atoms with Crippen LogP contribution in [-0.4, -0.2) is 15.0 Å². The van der Waals surface area contributed by atoms with Crippen LogP contribution in [0.25, 0.3) is 105 Å². The normalized spacial score (nSPS) is 10.6. The first-order chi connectivity index (χ1) is 33.8. The number of halogens is 3. The zero-order valence-electron chi connectivity index (χ0n) is 36.5. The van der Waals surface area contributed by atoms with Crippen molar-refractivity contribution >= 4 is 5.69 Å². The summed E-state index contributed by atoms with van der Waals surface area (Å²) < 4.78 is 42.5. The van der Waals surface area contributed by atoms with Gasteiger partial charge in [-0.15, -0.1) is 71.3 Å². The third-order valence-corrected chi connectivity index (χ3v) is 11.7. The molecule has 0 aliphatic heterocycles. The number of rotatable bonds is 9. The Kier molecular flexibility index (Phi) is 13.2. The van der Waals surface area contributed by atoms with E-state index >= 15 is 0 Å². The maximum atomic E-state index is 14.2. The second kappa shape index (κ2) is 20.0. The average molecular weight is 1080 g/mol. The molecule has 0 aliphatic rings. The molecule has 70 heavy (non-hydrogen) atoms. The fourth-order valence-electron chi connectivity index (χ4n) is 8.30. The molecule has 0 saturated carbocycles. The van der Waals surface area contributed by atoms with Crippen LogP contribution in [0.4, 0.5) is 18.9 Å². The molecule has 0 fully saturated rings. The summed E-state index contributed by atoms with van der Waals surface area (Å²) >= 11 is 0.